The van der Waals surface area contributed by atoms with Crippen LogP contribution in [0.4, 0.5) is 5.69 Å². The van der Waals surface area contributed by atoms with E-state index in [1.807, 2.05) is 0 Å². The highest BCUT2D eigenvalue weighted by Gasteiger charge is 2.26. The summed E-state index contributed by atoms with van der Waals surface area (Å²) in [6, 6.07) is 7.11. The van der Waals surface area contributed by atoms with Crippen molar-refractivity contribution < 1.29 is 9.47 Å². The van der Waals surface area contributed by atoms with Gasteiger partial charge in [0.25, 0.3) is 0 Å². The lowest BCUT2D eigenvalue weighted by Crippen LogP contribution is -2.39. The van der Waals surface area contributed by atoms with Crippen LogP contribution >= 0.6 is 0 Å². The average molecular weight is 261 g/mol. The monoisotopic (exact) mass is 261 g/mol. The molecule has 1 aromatic rings. The van der Waals surface area contributed by atoms with Gasteiger partial charge in [-0.15, -0.1) is 0 Å². The first-order valence-electron chi connectivity index (χ1n) is 7.25. The molecule has 0 aromatic heterocycles. The maximum absolute atomic E-state index is 6.00. The molecule has 0 radical (unpaired) electrons. The molecular formula is C16H23NO2. The lowest BCUT2D eigenvalue weighted by molar-refractivity contribution is 0.141. The van der Waals surface area contributed by atoms with Crippen LogP contribution in [0.1, 0.15) is 25.8 Å². The van der Waals surface area contributed by atoms with Crippen LogP contribution in [0.15, 0.2) is 18.2 Å². The highest BCUT2D eigenvalue weighted by molar-refractivity contribution is 5.58. The molecule has 0 N–H and O–H groups in total. The summed E-state index contributed by atoms with van der Waals surface area (Å²) in [7, 11) is 2.19. The highest BCUT2D eigenvalue weighted by Crippen LogP contribution is 2.35. The van der Waals surface area contributed by atoms with E-state index >= 15 is 0 Å². The van der Waals surface area contributed by atoms with Crippen LogP contribution in [0.3, 0.4) is 0 Å². The van der Waals surface area contributed by atoms with Crippen LogP contribution in [0.25, 0.3) is 0 Å². The second-order valence-corrected chi connectivity index (χ2v) is 5.93. The van der Waals surface area contributed by atoms with Crippen molar-refractivity contribution in [3.8, 4) is 5.75 Å². The van der Waals surface area contributed by atoms with Gasteiger partial charge < -0.3 is 14.4 Å². The Morgan fingerprint density at radius 1 is 1.32 bits per heavy atom. The zero-order valence-electron chi connectivity index (χ0n) is 12.1. The fourth-order valence-electron chi connectivity index (χ4n) is 3.06. The van der Waals surface area contributed by atoms with Crippen LogP contribution in [0.2, 0.25) is 0 Å². The summed E-state index contributed by atoms with van der Waals surface area (Å²) in [5.74, 6) is 1.67. The van der Waals surface area contributed by atoms with Gasteiger partial charge >= 0.3 is 0 Å². The third-order valence-corrected chi connectivity index (χ3v) is 4.60. The zero-order valence-corrected chi connectivity index (χ0v) is 12.1. The Morgan fingerprint density at radius 2 is 2.16 bits per heavy atom. The Hall–Kier alpha value is -1.22. The third-order valence-electron chi connectivity index (χ3n) is 4.60. The van der Waals surface area contributed by atoms with E-state index < -0.39 is 0 Å². The van der Waals surface area contributed by atoms with Gasteiger partial charge in [0.2, 0.25) is 0 Å². The molecule has 1 saturated heterocycles. The van der Waals surface area contributed by atoms with Crippen LogP contribution in [0, 0.1) is 5.92 Å². The van der Waals surface area contributed by atoms with Crippen molar-refractivity contribution in [2.24, 2.45) is 5.92 Å². The van der Waals surface area contributed by atoms with E-state index in [4.69, 9.17) is 9.47 Å². The highest BCUT2D eigenvalue weighted by atomic mass is 16.5. The van der Waals surface area contributed by atoms with Gasteiger partial charge in [-0.2, -0.15) is 0 Å². The van der Waals surface area contributed by atoms with Gasteiger partial charge in [-0.25, -0.2) is 0 Å². The SMILES string of the molecule is CC1Cc2cc(OC3CCOC3)ccc2N(C)[C@H]1C. The maximum Gasteiger partial charge on any atom is 0.124 e. The van der Waals surface area contributed by atoms with Gasteiger partial charge in [0.05, 0.1) is 13.2 Å². The first-order valence-corrected chi connectivity index (χ1v) is 7.25. The molecule has 0 spiro atoms. The molecule has 1 aromatic carbocycles. The second kappa shape index (κ2) is 5.04. The van der Waals surface area contributed by atoms with Crippen molar-refractivity contribution >= 4 is 5.69 Å². The number of hydrogen-bond acceptors (Lipinski definition) is 3. The molecule has 104 valence electrons. The zero-order chi connectivity index (χ0) is 13.4. The smallest absolute Gasteiger partial charge is 0.124 e. The minimum absolute atomic E-state index is 0.232. The largest absolute Gasteiger partial charge is 0.488 e. The Labute approximate surface area is 115 Å². The van der Waals surface area contributed by atoms with Crippen LogP contribution in [-0.2, 0) is 11.2 Å². The number of nitrogens with zero attached hydrogens (tertiary/aromatic N) is 1. The average Bonchev–Trinajstić information content (AvgIpc) is 2.89. The molecule has 3 nitrogen and oxygen atoms in total. The molecule has 0 saturated carbocycles. The summed E-state index contributed by atoms with van der Waals surface area (Å²) in [5, 5.41) is 0. The van der Waals surface area contributed by atoms with Crippen LogP contribution in [-0.4, -0.2) is 32.4 Å². The summed E-state index contributed by atoms with van der Waals surface area (Å²) in [5.41, 5.74) is 2.75. The minimum atomic E-state index is 0.232. The van der Waals surface area contributed by atoms with E-state index in [9.17, 15) is 0 Å². The van der Waals surface area contributed by atoms with Gasteiger partial charge in [-0.1, -0.05) is 6.92 Å². The molecule has 2 aliphatic heterocycles. The molecule has 0 amide bonds. The molecule has 3 rings (SSSR count). The molecule has 2 unspecified atom stereocenters. The molecule has 0 aliphatic carbocycles. The molecule has 3 heteroatoms. The Bertz CT molecular complexity index is 454. The predicted octanol–water partition coefficient (Wildman–Crippen LogP) is 2.87. The van der Waals surface area contributed by atoms with Crippen LogP contribution in [0.5, 0.6) is 5.75 Å². The number of rotatable bonds is 2. The van der Waals surface area contributed by atoms with E-state index in [-0.39, 0.29) is 6.10 Å². The molecule has 1 fully saturated rings. The maximum atomic E-state index is 6.00. The number of hydrogen-bond donors (Lipinski definition) is 0. The Morgan fingerprint density at radius 3 is 2.89 bits per heavy atom. The Kier molecular flexibility index (Phi) is 3.40. The van der Waals surface area contributed by atoms with Crippen molar-refractivity contribution in [1.82, 2.24) is 0 Å². The lowest BCUT2D eigenvalue weighted by Gasteiger charge is -2.38. The summed E-state index contributed by atoms with van der Waals surface area (Å²) >= 11 is 0. The van der Waals surface area contributed by atoms with Crippen molar-refractivity contribution in [1.29, 1.82) is 0 Å². The number of fused-ring (bicyclic) bond motifs is 1. The summed E-state index contributed by atoms with van der Waals surface area (Å²) in [6.45, 7) is 6.17. The molecule has 2 aliphatic rings. The number of anilines is 1. The van der Waals surface area contributed by atoms with Crippen molar-refractivity contribution in [3.05, 3.63) is 23.8 Å². The van der Waals surface area contributed by atoms with Gasteiger partial charge in [-0.05, 0) is 43.0 Å². The van der Waals surface area contributed by atoms with Crippen molar-refractivity contribution in [3.63, 3.8) is 0 Å². The fraction of sp³-hybridized carbons (Fsp3) is 0.625. The lowest BCUT2D eigenvalue weighted by atomic mass is 9.88. The molecule has 3 atom stereocenters. The normalized spacial score (nSPS) is 30.3. The second-order valence-electron chi connectivity index (χ2n) is 5.93. The van der Waals surface area contributed by atoms with Gasteiger partial charge in [-0.3, -0.25) is 0 Å². The van der Waals surface area contributed by atoms with E-state index in [2.05, 4.69) is 44.0 Å². The van der Waals surface area contributed by atoms with E-state index in [1.165, 1.54) is 11.3 Å². The van der Waals surface area contributed by atoms with Gasteiger partial charge in [0, 0.05) is 25.2 Å². The first kappa shape index (κ1) is 12.8. The van der Waals surface area contributed by atoms with E-state index in [1.54, 1.807) is 0 Å². The number of benzene rings is 1. The van der Waals surface area contributed by atoms with Crippen molar-refractivity contribution in [2.75, 3.05) is 25.2 Å². The van der Waals surface area contributed by atoms with E-state index in [0.29, 0.717) is 12.0 Å². The fourth-order valence-corrected chi connectivity index (χ4v) is 3.06. The minimum Gasteiger partial charge on any atom is -0.488 e. The summed E-state index contributed by atoms with van der Waals surface area (Å²) < 4.78 is 11.4. The van der Waals surface area contributed by atoms with Gasteiger partial charge in [0.1, 0.15) is 11.9 Å². The first-order chi connectivity index (χ1) is 9.15. The predicted molar refractivity (Wildman–Crippen MR) is 77.0 cm³/mol. The topological polar surface area (TPSA) is 21.7 Å². The molecular weight excluding hydrogens is 238 g/mol. The van der Waals surface area contributed by atoms with E-state index in [0.717, 1.165) is 31.8 Å². The van der Waals surface area contributed by atoms with Crippen LogP contribution < -0.4 is 9.64 Å². The Balaban J connectivity index is 1.81. The summed E-state index contributed by atoms with van der Waals surface area (Å²) in [4.78, 5) is 2.38. The number of ether oxygens (including phenoxy) is 2. The molecule has 2 heterocycles. The van der Waals surface area contributed by atoms with Gasteiger partial charge in [0.15, 0.2) is 0 Å². The molecule has 19 heavy (non-hydrogen) atoms. The summed E-state index contributed by atoms with van der Waals surface area (Å²) in [6.07, 6.45) is 2.37. The quantitative estimate of drug-likeness (QED) is 0.817. The van der Waals surface area contributed by atoms with Crippen molar-refractivity contribution in [2.45, 2.75) is 38.8 Å². The standard InChI is InChI=1S/C16H23NO2/c1-11-8-13-9-14(19-15-6-7-18-10-15)4-5-16(13)17(3)12(11)2/h4-5,9,11-12,15H,6-8,10H2,1-3H3/t11?,12-,15?/m0/s1. The molecule has 0 bridgehead atoms. The third kappa shape index (κ3) is 2.44.